The van der Waals surface area contributed by atoms with Crippen molar-refractivity contribution in [3.63, 3.8) is 0 Å². The molecule has 1 aliphatic heterocycles. The fraction of sp³-hybridized carbons (Fsp3) is 0.455. The zero-order chi connectivity index (χ0) is 20.3. The maximum Gasteiger partial charge on any atom is 0.261 e. The van der Waals surface area contributed by atoms with E-state index in [1.165, 1.54) is 11.3 Å². The zero-order valence-corrected chi connectivity index (χ0v) is 17.8. The van der Waals surface area contributed by atoms with Gasteiger partial charge in [0.25, 0.3) is 5.91 Å². The maximum atomic E-state index is 12.6. The molecule has 2 heterocycles. The molecule has 5 nitrogen and oxygen atoms in total. The quantitative estimate of drug-likeness (QED) is 0.774. The molecule has 150 valence electrons. The van der Waals surface area contributed by atoms with Crippen LogP contribution in [0.3, 0.4) is 0 Å². The van der Waals surface area contributed by atoms with Crippen LogP contribution in [0.4, 0.5) is 0 Å². The highest BCUT2D eigenvalue weighted by Gasteiger charge is 2.37. The van der Waals surface area contributed by atoms with Gasteiger partial charge in [0.05, 0.1) is 24.1 Å². The van der Waals surface area contributed by atoms with Crippen LogP contribution < -0.4 is 10.6 Å². The SMILES string of the molecule is CC(NC(=O)c1ccc(CN2CNC(C)(C(C)C)CC2=O)s1)c1ccccc1. The molecule has 2 aromatic rings. The third-order valence-corrected chi connectivity index (χ3v) is 6.77. The third-order valence-electron chi connectivity index (χ3n) is 5.70. The van der Waals surface area contributed by atoms with E-state index < -0.39 is 0 Å². The van der Waals surface area contributed by atoms with Gasteiger partial charge >= 0.3 is 0 Å². The van der Waals surface area contributed by atoms with Crippen LogP contribution in [0.2, 0.25) is 0 Å². The van der Waals surface area contributed by atoms with Gasteiger partial charge in [-0.05, 0) is 37.5 Å². The van der Waals surface area contributed by atoms with E-state index in [4.69, 9.17) is 0 Å². The van der Waals surface area contributed by atoms with Gasteiger partial charge in [0.15, 0.2) is 0 Å². The summed E-state index contributed by atoms with van der Waals surface area (Å²) in [5, 5.41) is 6.54. The average molecular weight is 400 g/mol. The predicted octanol–water partition coefficient (Wildman–Crippen LogP) is 3.93. The first-order chi connectivity index (χ1) is 13.3. The van der Waals surface area contributed by atoms with E-state index >= 15 is 0 Å². The van der Waals surface area contributed by atoms with Crippen molar-refractivity contribution >= 4 is 23.2 Å². The molecule has 28 heavy (non-hydrogen) atoms. The van der Waals surface area contributed by atoms with E-state index in [1.807, 2.05) is 54.3 Å². The molecule has 1 saturated heterocycles. The topological polar surface area (TPSA) is 61.4 Å². The molecule has 2 atom stereocenters. The molecule has 2 amide bonds. The Hall–Kier alpha value is -2.18. The van der Waals surface area contributed by atoms with Crippen molar-refractivity contribution in [2.45, 2.75) is 52.2 Å². The highest BCUT2D eigenvalue weighted by atomic mass is 32.1. The molecular formula is C22H29N3O2S. The lowest BCUT2D eigenvalue weighted by Crippen LogP contribution is -2.59. The third kappa shape index (κ3) is 4.62. The molecule has 3 rings (SSSR count). The van der Waals surface area contributed by atoms with Crippen molar-refractivity contribution in [1.82, 2.24) is 15.5 Å². The van der Waals surface area contributed by atoms with E-state index in [-0.39, 0.29) is 23.4 Å². The summed E-state index contributed by atoms with van der Waals surface area (Å²) in [5.74, 6) is 0.470. The number of amides is 2. The Kier molecular flexibility index (Phi) is 6.20. The Balaban J connectivity index is 1.58. The van der Waals surface area contributed by atoms with Crippen LogP contribution in [-0.4, -0.2) is 28.9 Å². The first-order valence-corrected chi connectivity index (χ1v) is 10.6. The van der Waals surface area contributed by atoms with Gasteiger partial charge in [-0.15, -0.1) is 11.3 Å². The summed E-state index contributed by atoms with van der Waals surface area (Å²) in [7, 11) is 0. The van der Waals surface area contributed by atoms with Gasteiger partial charge in [-0.2, -0.15) is 0 Å². The second kappa shape index (κ2) is 8.45. The summed E-state index contributed by atoms with van der Waals surface area (Å²) in [6, 6.07) is 13.6. The normalized spacial score (nSPS) is 21.0. The van der Waals surface area contributed by atoms with E-state index in [9.17, 15) is 9.59 Å². The number of carbonyl (C=O) groups is 2. The van der Waals surface area contributed by atoms with Crippen molar-refractivity contribution in [1.29, 1.82) is 0 Å². The number of hydrogen-bond donors (Lipinski definition) is 2. The lowest BCUT2D eigenvalue weighted by Gasteiger charge is -2.42. The lowest BCUT2D eigenvalue weighted by atomic mass is 9.83. The summed E-state index contributed by atoms with van der Waals surface area (Å²) in [6.07, 6.45) is 0.498. The molecule has 6 heteroatoms. The van der Waals surface area contributed by atoms with E-state index in [0.717, 1.165) is 10.4 Å². The number of benzene rings is 1. The van der Waals surface area contributed by atoms with Crippen LogP contribution in [0, 0.1) is 5.92 Å². The van der Waals surface area contributed by atoms with Crippen LogP contribution in [0.15, 0.2) is 42.5 Å². The first-order valence-electron chi connectivity index (χ1n) is 9.76. The van der Waals surface area contributed by atoms with Gasteiger partial charge in [0.2, 0.25) is 5.91 Å². The standard InChI is InChI=1S/C22H29N3O2S/c1-15(2)22(4)12-20(26)25(14-23-22)13-18-10-11-19(28-18)21(27)24-16(3)17-8-6-5-7-9-17/h5-11,15-16,23H,12-14H2,1-4H3,(H,24,27). The molecule has 1 fully saturated rings. The van der Waals surface area contributed by atoms with Gasteiger partial charge in [-0.25, -0.2) is 0 Å². The van der Waals surface area contributed by atoms with Crippen molar-refractivity contribution in [2.24, 2.45) is 5.92 Å². The van der Waals surface area contributed by atoms with E-state index in [1.54, 1.807) is 0 Å². The smallest absolute Gasteiger partial charge is 0.261 e. The van der Waals surface area contributed by atoms with E-state index in [2.05, 4.69) is 31.4 Å². The summed E-state index contributed by atoms with van der Waals surface area (Å²) >= 11 is 1.45. The number of nitrogens with zero attached hydrogens (tertiary/aromatic N) is 1. The summed E-state index contributed by atoms with van der Waals surface area (Å²) < 4.78 is 0. The van der Waals surface area contributed by atoms with Crippen LogP contribution in [0.25, 0.3) is 0 Å². The fourth-order valence-corrected chi connectivity index (χ4v) is 4.20. The summed E-state index contributed by atoms with van der Waals surface area (Å²) in [4.78, 5) is 28.6. The van der Waals surface area contributed by atoms with Gasteiger partial charge in [-0.3, -0.25) is 14.9 Å². The van der Waals surface area contributed by atoms with Gasteiger partial charge < -0.3 is 10.2 Å². The monoisotopic (exact) mass is 399 g/mol. The van der Waals surface area contributed by atoms with Crippen LogP contribution in [-0.2, 0) is 11.3 Å². The minimum Gasteiger partial charge on any atom is -0.345 e. The molecule has 1 aliphatic rings. The fourth-order valence-electron chi connectivity index (χ4n) is 3.27. The highest BCUT2D eigenvalue weighted by Crippen LogP contribution is 2.27. The molecule has 1 aromatic heterocycles. The van der Waals surface area contributed by atoms with Crippen molar-refractivity contribution in [2.75, 3.05) is 6.67 Å². The highest BCUT2D eigenvalue weighted by molar-refractivity contribution is 7.14. The Morgan fingerprint density at radius 1 is 1.21 bits per heavy atom. The molecule has 1 aromatic carbocycles. The Morgan fingerprint density at radius 2 is 1.93 bits per heavy atom. The minimum absolute atomic E-state index is 0.0548. The van der Waals surface area contributed by atoms with Gasteiger partial charge in [0.1, 0.15) is 0 Å². The average Bonchev–Trinajstić information content (AvgIpc) is 3.13. The van der Waals surface area contributed by atoms with Crippen LogP contribution in [0.1, 0.15) is 60.3 Å². The molecule has 0 radical (unpaired) electrons. The summed E-state index contributed by atoms with van der Waals surface area (Å²) in [6.45, 7) is 9.43. The molecule has 0 saturated carbocycles. The Labute approximate surface area is 171 Å². The lowest BCUT2D eigenvalue weighted by molar-refractivity contribution is -0.138. The molecule has 0 spiro atoms. The number of nitrogens with one attached hydrogen (secondary N) is 2. The van der Waals surface area contributed by atoms with Gasteiger partial charge in [-0.1, -0.05) is 44.2 Å². The molecule has 2 unspecified atom stereocenters. The minimum atomic E-state index is -0.151. The van der Waals surface area contributed by atoms with E-state index in [0.29, 0.717) is 30.4 Å². The van der Waals surface area contributed by atoms with Gasteiger partial charge in [0, 0.05) is 16.8 Å². The van der Waals surface area contributed by atoms with Crippen molar-refractivity contribution < 1.29 is 9.59 Å². The first kappa shape index (κ1) is 20.6. The second-order valence-electron chi connectivity index (χ2n) is 8.05. The molecular weight excluding hydrogens is 370 g/mol. The largest absolute Gasteiger partial charge is 0.345 e. The number of carbonyl (C=O) groups excluding carboxylic acids is 2. The molecule has 0 bridgehead atoms. The zero-order valence-electron chi connectivity index (χ0n) is 17.0. The number of rotatable bonds is 6. The summed E-state index contributed by atoms with van der Waals surface area (Å²) in [5.41, 5.74) is 0.924. The maximum absolute atomic E-state index is 12.6. The van der Waals surface area contributed by atoms with Crippen LogP contribution >= 0.6 is 11.3 Å². The molecule has 0 aliphatic carbocycles. The molecule has 2 N–H and O–H groups in total. The van der Waals surface area contributed by atoms with Crippen molar-refractivity contribution in [3.8, 4) is 0 Å². The second-order valence-corrected chi connectivity index (χ2v) is 9.22. The van der Waals surface area contributed by atoms with Crippen LogP contribution in [0.5, 0.6) is 0 Å². The number of hydrogen-bond acceptors (Lipinski definition) is 4. The Bertz CT molecular complexity index is 833. The van der Waals surface area contributed by atoms with Crippen molar-refractivity contribution in [3.05, 3.63) is 57.8 Å². The predicted molar refractivity (Wildman–Crippen MR) is 113 cm³/mol. The Morgan fingerprint density at radius 3 is 2.57 bits per heavy atom. The number of thiophene rings is 1.